The number of carbonyl (C=O) groups excluding carboxylic acids is 2. The van der Waals surface area contributed by atoms with Crippen molar-refractivity contribution in [1.29, 1.82) is 0 Å². The van der Waals surface area contributed by atoms with E-state index in [1.807, 2.05) is 0 Å². The highest BCUT2D eigenvalue weighted by atomic mass is 35.5. The molecule has 1 fully saturated rings. The van der Waals surface area contributed by atoms with Gasteiger partial charge in [0.15, 0.2) is 0 Å². The van der Waals surface area contributed by atoms with Crippen molar-refractivity contribution in [2.45, 2.75) is 13.0 Å². The smallest absolute Gasteiger partial charge is 0.258 e. The minimum Gasteiger partial charge on any atom is -0.507 e. The van der Waals surface area contributed by atoms with Crippen molar-refractivity contribution in [3.05, 3.63) is 28.8 Å². The number of phenolic OH excluding ortho intramolecular Hbond substituents is 1. The molecular weight excluding hydrogens is 256 g/mol. The maximum atomic E-state index is 12.2. The van der Waals surface area contributed by atoms with E-state index >= 15 is 0 Å². The van der Waals surface area contributed by atoms with E-state index in [9.17, 15) is 14.7 Å². The Labute approximate surface area is 109 Å². The van der Waals surface area contributed by atoms with Gasteiger partial charge in [-0.3, -0.25) is 9.59 Å². The van der Waals surface area contributed by atoms with Crippen LogP contribution in [0.3, 0.4) is 0 Å². The van der Waals surface area contributed by atoms with Gasteiger partial charge < -0.3 is 15.3 Å². The van der Waals surface area contributed by atoms with Gasteiger partial charge in [0, 0.05) is 18.1 Å². The molecule has 0 aliphatic carbocycles. The molecule has 1 aromatic carbocycles. The molecule has 1 atom stereocenters. The van der Waals surface area contributed by atoms with E-state index in [4.69, 9.17) is 11.6 Å². The summed E-state index contributed by atoms with van der Waals surface area (Å²) in [7, 11) is 0. The maximum absolute atomic E-state index is 12.2. The Morgan fingerprint density at radius 2 is 2.28 bits per heavy atom. The van der Waals surface area contributed by atoms with Crippen LogP contribution in [0.1, 0.15) is 17.3 Å². The average molecular weight is 269 g/mol. The third-order valence-corrected chi connectivity index (χ3v) is 3.19. The third kappa shape index (κ3) is 2.26. The molecule has 0 bridgehead atoms. The highest BCUT2D eigenvalue weighted by Crippen LogP contribution is 2.24. The Kier molecular flexibility index (Phi) is 3.43. The number of amides is 2. The first-order chi connectivity index (χ1) is 8.50. The molecule has 1 aromatic rings. The van der Waals surface area contributed by atoms with Crippen molar-refractivity contribution >= 4 is 23.4 Å². The lowest BCUT2D eigenvalue weighted by atomic mass is 10.1. The molecule has 5 nitrogen and oxygen atoms in total. The number of halogens is 1. The second kappa shape index (κ2) is 4.86. The minimum atomic E-state index is -0.540. The molecule has 1 saturated heterocycles. The lowest BCUT2D eigenvalue weighted by Gasteiger charge is -2.32. The summed E-state index contributed by atoms with van der Waals surface area (Å²) in [5.74, 6) is -0.736. The Morgan fingerprint density at radius 1 is 1.56 bits per heavy atom. The second-order valence-electron chi connectivity index (χ2n) is 4.13. The molecule has 1 aliphatic rings. The molecule has 0 saturated carbocycles. The van der Waals surface area contributed by atoms with Crippen LogP contribution in [0, 0.1) is 0 Å². The molecule has 18 heavy (non-hydrogen) atoms. The summed E-state index contributed by atoms with van der Waals surface area (Å²) in [4.78, 5) is 25.2. The van der Waals surface area contributed by atoms with Crippen LogP contribution in [0.2, 0.25) is 5.02 Å². The van der Waals surface area contributed by atoms with Crippen LogP contribution in [-0.2, 0) is 4.79 Å². The lowest BCUT2D eigenvalue weighted by Crippen LogP contribution is -2.55. The normalized spacial score (nSPS) is 19.6. The van der Waals surface area contributed by atoms with Gasteiger partial charge in [0.2, 0.25) is 5.91 Å². The molecule has 2 amide bonds. The molecule has 1 heterocycles. The first kappa shape index (κ1) is 12.7. The largest absolute Gasteiger partial charge is 0.507 e. The van der Waals surface area contributed by atoms with Crippen LogP contribution in [0.4, 0.5) is 0 Å². The molecule has 96 valence electrons. The zero-order chi connectivity index (χ0) is 13.3. The monoisotopic (exact) mass is 268 g/mol. The van der Waals surface area contributed by atoms with Gasteiger partial charge in [0.05, 0.1) is 5.56 Å². The number of hydrogen-bond donors (Lipinski definition) is 2. The number of rotatable bonds is 1. The Bertz CT molecular complexity index is 504. The molecule has 1 unspecified atom stereocenters. The van der Waals surface area contributed by atoms with Crippen LogP contribution >= 0.6 is 11.6 Å². The standard InChI is InChI=1S/C12H13ClN2O3/c1-7-11(17)14-4-5-15(7)12(18)9-3-2-8(13)6-10(9)16/h2-3,6-7,16H,4-5H2,1H3,(H,14,17). The molecule has 6 heteroatoms. The minimum absolute atomic E-state index is 0.154. The second-order valence-corrected chi connectivity index (χ2v) is 4.56. The predicted octanol–water partition coefficient (Wildman–Crippen LogP) is 1.01. The molecule has 2 rings (SSSR count). The third-order valence-electron chi connectivity index (χ3n) is 2.95. The lowest BCUT2D eigenvalue weighted by molar-refractivity contribution is -0.127. The number of hydrogen-bond acceptors (Lipinski definition) is 3. The quantitative estimate of drug-likeness (QED) is 0.799. The number of phenols is 1. The van der Waals surface area contributed by atoms with Crippen molar-refractivity contribution in [3.8, 4) is 5.75 Å². The molecular formula is C12H13ClN2O3. The average Bonchev–Trinajstić information content (AvgIpc) is 2.32. The summed E-state index contributed by atoms with van der Waals surface area (Å²) in [5.41, 5.74) is 0.154. The van der Waals surface area contributed by atoms with Gasteiger partial charge >= 0.3 is 0 Å². The van der Waals surface area contributed by atoms with Crippen LogP contribution in [0.15, 0.2) is 18.2 Å². The van der Waals surface area contributed by atoms with Crippen LogP contribution in [0.25, 0.3) is 0 Å². The fourth-order valence-electron chi connectivity index (χ4n) is 1.90. The number of benzene rings is 1. The van der Waals surface area contributed by atoms with Gasteiger partial charge in [0.25, 0.3) is 5.91 Å². The topological polar surface area (TPSA) is 69.6 Å². The van der Waals surface area contributed by atoms with Gasteiger partial charge in [-0.05, 0) is 25.1 Å². The van der Waals surface area contributed by atoms with Crippen molar-refractivity contribution in [3.63, 3.8) is 0 Å². The Hall–Kier alpha value is -1.75. The molecule has 0 spiro atoms. The summed E-state index contributed by atoms with van der Waals surface area (Å²) in [6.45, 7) is 2.50. The van der Waals surface area contributed by atoms with Gasteiger partial charge in [-0.1, -0.05) is 11.6 Å². The molecule has 1 aliphatic heterocycles. The fraction of sp³-hybridized carbons (Fsp3) is 0.333. The highest BCUT2D eigenvalue weighted by molar-refractivity contribution is 6.30. The van der Waals surface area contributed by atoms with Crippen LogP contribution < -0.4 is 5.32 Å². The van der Waals surface area contributed by atoms with Crippen molar-refractivity contribution < 1.29 is 14.7 Å². The summed E-state index contributed by atoms with van der Waals surface area (Å²) in [6, 6.07) is 3.76. The SMILES string of the molecule is CC1C(=O)NCCN1C(=O)c1ccc(Cl)cc1O. The van der Waals surface area contributed by atoms with E-state index in [1.54, 1.807) is 6.92 Å². The molecule has 2 N–H and O–H groups in total. The van der Waals surface area contributed by atoms with E-state index in [2.05, 4.69) is 5.32 Å². The zero-order valence-electron chi connectivity index (χ0n) is 9.81. The zero-order valence-corrected chi connectivity index (χ0v) is 10.6. The first-order valence-corrected chi connectivity index (χ1v) is 5.95. The van der Waals surface area contributed by atoms with Crippen molar-refractivity contribution in [2.24, 2.45) is 0 Å². The van der Waals surface area contributed by atoms with Crippen LogP contribution in [-0.4, -0.2) is 41.0 Å². The van der Waals surface area contributed by atoms with Gasteiger partial charge in [0.1, 0.15) is 11.8 Å². The predicted molar refractivity (Wildman–Crippen MR) is 66.6 cm³/mol. The van der Waals surface area contributed by atoms with E-state index in [0.717, 1.165) is 0 Å². The van der Waals surface area contributed by atoms with E-state index in [0.29, 0.717) is 18.1 Å². The number of aromatic hydroxyl groups is 1. The Balaban J connectivity index is 2.28. The number of nitrogens with zero attached hydrogens (tertiary/aromatic N) is 1. The number of piperazine rings is 1. The summed E-state index contributed by atoms with van der Waals surface area (Å²) in [5, 5.41) is 12.7. The fourth-order valence-corrected chi connectivity index (χ4v) is 2.07. The maximum Gasteiger partial charge on any atom is 0.258 e. The van der Waals surface area contributed by atoms with E-state index in [1.165, 1.54) is 23.1 Å². The van der Waals surface area contributed by atoms with Gasteiger partial charge in [-0.25, -0.2) is 0 Å². The van der Waals surface area contributed by atoms with Gasteiger partial charge in [-0.2, -0.15) is 0 Å². The van der Waals surface area contributed by atoms with Crippen LogP contribution in [0.5, 0.6) is 5.75 Å². The summed E-state index contributed by atoms with van der Waals surface area (Å²) in [6.07, 6.45) is 0. The summed E-state index contributed by atoms with van der Waals surface area (Å²) >= 11 is 5.71. The molecule has 0 radical (unpaired) electrons. The van der Waals surface area contributed by atoms with E-state index < -0.39 is 6.04 Å². The Morgan fingerprint density at radius 3 is 2.94 bits per heavy atom. The van der Waals surface area contributed by atoms with Crippen molar-refractivity contribution in [2.75, 3.05) is 13.1 Å². The highest BCUT2D eigenvalue weighted by Gasteiger charge is 2.30. The molecule has 0 aromatic heterocycles. The summed E-state index contributed by atoms with van der Waals surface area (Å²) < 4.78 is 0. The van der Waals surface area contributed by atoms with E-state index in [-0.39, 0.29) is 23.1 Å². The first-order valence-electron chi connectivity index (χ1n) is 5.58. The number of carbonyl (C=O) groups is 2. The number of nitrogens with one attached hydrogen (secondary N) is 1. The van der Waals surface area contributed by atoms with Gasteiger partial charge in [-0.15, -0.1) is 0 Å². The van der Waals surface area contributed by atoms with Crippen molar-refractivity contribution in [1.82, 2.24) is 10.2 Å².